The van der Waals surface area contributed by atoms with Crippen LogP contribution in [0.1, 0.15) is 6.92 Å². The zero-order valence-corrected chi connectivity index (χ0v) is 14.1. The lowest BCUT2D eigenvalue weighted by Gasteiger charge is -2.09. The molecule has 1 heterocycles. The van der Waals surface area contributed by atoms with Crippen LogP contribution >= 0.6 is 11.6 Å². The Morgan fingerprint density at radius 2 is 1.92 bits per heavy atom. The van der Waals surface area contributed by atoms with Gasteiger partial charge in [-0.3, -0.25) is 0 Å². The molecule has 24 heavy (non-hydrogen) atoms. The molecule has 1 unspecified atom stereocenters. The predicted octanol–water partition coefficient (Wildman–Crippen LogP) is 2.83. The summed E-state index contributed by atoms with van der Waals surface area (Å²) in [5, 5.41) is 21.6. The van der Waals surface area contributed by atoms with Crippen molar-refractivity contribution in [3.63, 3.8) is 0 Å². The van der Waals surface area contributed by atoms with Crippen molar-refractivity contribution in [2.75, 3.05) is 24.3 Å². The van der Waals surface area contributed by atoms with Crippen molar-refractivity contribution in [3.8, 4) is 11.4 Å². The molecular formula is C17H19ClN4O2. The summed E-state index contributed by atoms with van der Waals surface area (Å²) in [5.74, 6) is 1.02. The van der Waals surface area contributed by atoms with Crippen molar-refractivity contribution in [2.45, 2.75) is 13.0 Å². The smallest absolute Gasteiger partial charge is 0.119 e. The summed E-state index contributed by atoms with van der Waals surface area (Å²) in [5.41, 5.74) is 3.30. The largest absolute Gasteiger partial charge is 0.494 e. The topological polar surface area (TPSA) is 72.2 Å². The summed E-state index contributed by atoms with van der Waals surface area (Å²) in [4.78, 5) is 1.60. The average molecular weight is 347 g/mol. The van der Waals surface area contributed by atoms with E-state index < -0.39 is 6.10 Å². The number of halogens is 1. The fourth-order valence-electron chi connectivity index (χ4n) is 2.27. The second kappa shape index (κ2) is 7.51. The van der Waals surface area contributed by atoms with Crippen molar-refractivity contribution in [2.24, 2.45) is 0 Å². The molecule has 0 fully saturated rings. The molecule has 3 rings (SSSR count). The lowest BCUT2D eigenvalue weighted by Crippen LogP contribution is -2.20. The van der Waals surface area contributed by atoms with Gasteiger partial charge in [-0.1, -0.05) is 0 Å². The number of ether oxygens (including phenoxy) is 1. The van der Waals surface area contributed by atoms with E-state index in [0.717, 1.165) is 28.2 Å². The summed E-state index contributed by atoms with van der Waals surface area (Å²) in [6.45, 7) is 2.98. The number of aliphatic hydroxyl groups excluding tert-OH is 1. The fourth-order valence-corrected chi connectivity index (χ4v) is 2.38. The number of hydrogen-bond donors (Lipinski definition) is 2. The van der Waals surface area contributed by atoms with Gasteiger partial charge in [-0.25, -0.2) is 0 Å². The number of rotatable bonds is 7. The third-order valence-electron chi connectivity index (χ3n) is 3.48. The van der Waals surface area contributed by atoms with E-state index in [1.165, 1.54) is 0 Å². The van der Waals surface area contributed by atoms with E-state index in [1.807, 2.05) is 49.4 Å². The van der Waals surface area contributed by atoms with E-state index in [4.69, 9.17) is 16.3 Å². The number of hydrogen-bond acceptors (Lipinski definition) is 5. The van der Waals surface area contributed by atoms with Gasteiger partial charge in [-0.2, -0.15) is 4.80 Å². The zero-order valence-electron chi connectivity index (χ0n) is 13.3. The summed E-state index contributed by atoms with van der Waals surface area (Å²) in [6.07, 6.45) is -0.582. The Hall–Kier alpha value is -2.31. The molecule has 0 aliphatic heterocycles. The van der Waals surface area contributed by atoms with E-state index in [-0.39, 0.29) is 5.88 Å². The fraction of sp³-hybridized carbons (Fsp3) is 0.294. The highest BCUT2D eigenvalue weighted by Crippen LogP contribution is 2.19. The number of nitrogens with zero attached hydrogens (tertiary/aromatic N) is 3. The van der Waals surface area contributed by atoms with Crippen LogP contribution in [-0.2, 0) is 0 Å². The van der Waals surface area contributed by atoms with Crippen molar-refractivity contribution in [1.82, 2.24) is 15.0 Å². The van der Waals surface area contributed by atoms with Gasteiger partial charge in [-0.15, -0.1) is 21.8 Å². The molecule has 0 radical (unpaired) electrons. The molecule has 1 atom stereocenters. The van der Waals surface area contributed by atoms with Crippen molar-refractivity contribution in [3.05, 3.63) is 42.5 Å². The highest BCUT2D eigenvalue weighted by atomic mass is 35.5. The Kier molecular flexibility index (Phi) is 5.17. The molecule has 7 heteroatoms. The number of nitrogens with one attached hydrogen (secondary N) is 1. The van der Waals surface area contributed by atoms with Crippen molar-refractivity contribution in [1.29, 1.82) is 0 Å². The number of benzene rings is 2. The lowest BCUT2D eigenvalue weighted by atomic mass is 10.2. The third kappa shape index (κ3) is 3.77. The van der Waals surface area contributed by atoms with Gasteiger partial charge < -0.3 is 15.2 Å². The van der Waals surface area contributed by atoms with Gasteiger partial charge in [0.05, 0.1) is 24.3 Å². The van der Waals surface area contributed by atoms with Gasteiger partial charge in [0.1, 0.15) is 16.8 Å². The Morgan fingerprint density at radius 3 is 2.62 bits per heavy atom. The highest BCUT2D eigenvalue weighted by molar-refractivity contribution is 6.18. The van der Waals surface area contributed by atoms with Crippen LogP contribution in [0.5, 0.6) is 5.75 Å². The van der Waals surface area contributed by atoms with Gasteiger partial charge in [0.2, 0.25) is 0 Å². The Labute approximate surface area is 145 Å². The van der Waals surface area contributed by atoms with E-state index in [1.54, 1.807) is 4.80 Å². The first kappa shape index (κ1) is 16.5. The molecule has 0 aliphatic carbocycles. The zero-order chi connectivity index (χ0) is 16.9. The molecule has 0 aliphatic rings. The molecule has 2 aromatic carbocycles. The maximum Gasteiger partial charge on any atom is 0.119 e. The number of anilines is 1. The Bertz CT molecular complexity index is 804. The van der Waals surface area contributed by atoms with Crippen LogP contribution in [0.25, 0.3) is 16.7 Å². The molecule has 0 amide bonds. The van der Waals surface area contributed by atoms with Crippen LogP contribution in [-0.4, -0.2) is 45.2 Å². The molecule has 3 aromatic rings. The molecule has 126 valence electrons. The average Bonchev–Trinajstić information content (AvgIpc) is 3.03. The standard InChI is InChI=1S/C17H19ClN4O2/c1-2-24-15-6-4-13(5-7-15)22-20-16-8-3-12(9-17(16)21-22)19-11-14(23)10-18/h3-9,14,19,23H,2,10-11H2,1H3. The van der Waals surface area contributed by atoms with Gasteiger partial charge in [0, 0.05) is 12.2 Å². The minimum absolute atomic E-state index is 0.198. The van der Waals surface area contributed by atoms with Crippen LogP contribution in [0.15, 0.2) is 42.5 Å². The SMILES string of the molecule is CCOc1ccc(-n2nc3ccc(NCC(O)CCl)cc3n2)cc1. The normalized spacial score (nSPS) is 12.3. The quantitative estimate of drug-likeness (QED) is 0.644. The molecule has 6 nitrogen and oxygen atoms in total. The highest BCUT2D eigenvalue weighted by Gasteiger charge is 2.07. The van der Waals surface area contributed by atoms with Crippen LogP contribution < -0.4 is 10.1 Å². The van der Waals surface area contributed by atoms with Crippen LogP contribution in [0, 0.1) is 0 Å². The molecule has 0 saturated heterocycles. The summed E-state index contributed by atoms with van der Waals surface area (Å²) < 4.78 is 5.44. The molecule has 0 saturated carbocycles. The molecular weight excluding hydrogens is 328 g/mol. The molecule has 0 bridgehead atoms. The van der Waals surface area contributed by atoms with E-state index >= 15 is 0 Å². The minimum atomic E-state index is -0.582. The minimum Gasteiger partial charge on any atom is -0.494 e. The van der Waals surface area contributed by atoms with Gasteiger partial charge in [-0.05, 0) is 49.4 Å². The third-order valence-corrected chi connectivity index (χ3v) is 3.84. The predicted molar refractivity (Wildman–Crippen MR) is 95.3 cm³/mol. The summed E-state index contributed by atoms with van der Waals surface area (Å²) >= 11 is 5.59. The van der Waals surface area contributed by atoms with Crippen LogP contribution in [0.3, 0.4) is 0 Å². The first-order valence-corrected chi connectivity index (χ1v) is 8.31. The number of aromatic nitrogens is 3. The first-order valence-electron chi connectivity index (χ1n) is 7.78. The number of aliphatic hydroxyl groups is 1. The van der Waals surface area contributed by atoms with E-state index in [0.29, 0.717) is 13.2 Å². The molecule has 2 N–H and O–H groups in total. The van der Waals surface area contributed by atoms with Crippen LogP contribution in [0.2, 0.25) is 0 Å². The Morgan fingerprint density at radius 1 is 1.17 bits per heavy atom. The number of fused-ring (bicyclic) bond motifs is 1. The number of alkyl halides is 1. The molecule has 1 aromatic heterocycles. The second-order valence-electron chi connectivity index (χ2n) is 5.31. The maximum absolute atomic E-state index is 9.51. The first-order chi connectivity index (χ1) is 11.7. The van der Waals surface area contributed by atoms with E-state index in [9.17, 15) is 5.11 Å². The van der Waals surface area contributed by atoms with Crippen LogP contribution in [0.4, 0.5) is 5.69 Å². The Balaban J connectivity index is 1.80. The monoisotopic (exact) mass is 346 g/mol. The van der Waals surface area contributed by atoms with Gasteiger partial charge >= 0.3 is 0 Å². The second-order valence-corrected chi connectivity index (χ2v) is 5.62. The van der Waals surface area contributed by atoms with E-state index in [2.05, 4.69) is 15.5 Å². The lowest BCUT2D eigenvalue weighted by molar-refractivity contribution is 0.211. The summed E-state index contributed by atoms with van der Waals surface area (Å²) in [7, 11) is 0. The maximum atomic E-state index is 9.51. The van der Waals surface area contributed by atoms with Gasteiger partial charge in [0.25, 0.3) is 0 Å². The molecule has 0 spiro atoms. The van der Waals surface area contributed by atoms with Crippen molar-refractivity contribution < 1.29 is 9.84 Å². The summed E-state index contributed by atoms with van der Waals surface area (Å²) in [6, 6.07) is 13.3. The van der Waals surface area contributed by atoms with Crippen molar-refractivity contribution >= 4 is 28.3 Å². The van der Waals surface area contributed by atoms with Gasteiger partial charge in [0.15, 0.2) is 0 Å².